The first-order valence-corrected chi connectivity index (χ1v) is 6.97. The van der Waals surface area contributed by atoms with Crippen molar-refractivity contribution in [1.29, 1.82) is 0 Å². The first-order valence-electron chi connectivity index (χ1n) is 6.97. The van der Waals surface area contributed by atoms with Gasteiger partial charge in [-0.05, 0) is 30.0 Å². The quantitative estimate of drug-likeness (QED) is 0.264. The first-order chi connectivity index (χ1) is 9.74. The molecule has 1 aromatic carbocycles. The van der Waals surface area contributed by atoms with Crippen LogP contribution in [0.15, 0.2) is 23.4 Å². The topological polar surface area (TPSA) is 77.1 Å². The van der Waals surface area contributed by atoms with Gasteiger partial charge < -0.3 is 20.4 Å². The molecule has 0 unspecified atom stereocenters. The van der Waals surface area contributed by atoms with Crippen molar-refractivity contribution in [1.82, 2.24) is 0 Å². The van der Waals surface area contributed by atoms with Gasteiger partial charge in [0.1, 0.15) is 5.75 Å². The van der Waals surface area contributed by atoms with Crippen molar-refractivity contribution in [3.05, 3.63) is 29.3 Å². The third-order valence-electron chi connectivity index (χ3n) is 3.81. The Bertz CT molecular complexity index is 470. The Balaban J connectivity index is 1.90. The zero-order valence-corrected chi connectivity index (χ0v) is 11.8. The molecular weight excluding hydrogens is 256 g/mol. The Kier molecular flexibility index (Phi) is 5.24. The number of nitrogens with two attached hydrogens (primary N) is 1. The van der Waals surface area contributed by atoms with E-state index in [0.717, 1.165) is 24.5 Å². The van der Waals surface area contributed by atoms with Gasteiger partial charge in [-0.2, -0.15) is 0 Å². The molecule has 1 fully saturated rings. The highest BCUT2D eigenvalue weighted by molar-refractivity contribution is 5.99. The summed E-state index contributed by atoms with van der Waals surface area (Å²) in [5.41, 5.74) is 7.20. The molecule has 110 valence electrons. The summed E-state index contributed by atoms with van der Waals surface area (Å²) in [5.74, 6) is 1.48. The number of ether oxygens (including phenoxy) is 2. The van der Waals surface area contributed by atoms with Crippen LogP contribution in [0.2, 0.25) is 0 Å². The number of amidine groups is 1. The fourth-order valence-electron chi connectivity index (χ4n) is 2.32. The van der Waals surface area contributed by atoms with Gasteiger partial charge in [-0.3, -0.25) is 0 Å². The predicted octanol–water partition coefficient (Wildman–Crippen LogP) is 2.50. The SMILES string of the molecule is COc1ccc(COCCC2CCC2)cc1/C(N)=N/O. The van der Waals surface area contributed by atoms with Crippen LogP contribution in [-0.2, 0) is 11.3 Å². The lowest BCUT2D eigenvalue weighted by Crippen LogP contribution is -2.15. The summed E-state index contributed by atoms with van der Waals surface area (Å²) in [6.45, 7) is 1.32. The lowest BCUT2D eigenvalue weighted by molar-refractivity contribution is 0.0949. The van der Waals surface area contributed by atoms with Crippen LogP contribution in [0.1, 0.15) is 36.8 Å². The summed E-state index contributed by atoms with van der Waals surface area (Å²) < 4.78 is 10.9. The van der Waals surface area contributed by atoms with Crippen molar-refractivity contribution in [3.8, 4) is 5.75 Å². The normalized spacial score (nSPS) is 15.9. The number of hydrogen-bond donors (Lipinski definition) is 2. The van der Waals surface area contributed by atoms with Crippen LogP contribution in [0.5, 0.6) is 5.75 Å². The smallest absolute Gasteiger partial charge is 0.173 e. The highest BCUT2D eigenvalue weighted by Gasteiger charge is 2.16. The van der Waals surface area contributed by atoms with Gasteiger partial charge in [0.05, 0.1) is 19.3 Å². The van der Waals surface area contributed by atoms with E-state index in [1.165, 1.54) is 19.3 Å². The Morgan fingerprint density at radius 1 is 1.45 bits per heavy atom. The standard InChI is InChI=1S/C15H22N2O3/c1-19-14-6-5-12(9-13(14)15(16)17-18)10-20-8-7-11-3-2-4-11/h5-6,9,11,18H,2-4,7-8,10H2,1H3,(H2,16,17). The summed E-state index contributed by atoms with van der Waals surface area (Å²) in [4.78, 5) is 0. The number of methoxy groups -OCH3 is 1. The molecule has 20 heavy (non-hydrogen) atoms. The number of benzene rings is 1. The van der Waals surface area contributed by atoms with E-state index in [4.69, 9.17) is 20.4 Å². The van der Waals surface area contributed by atoms with Crippen molar-refractivity contribution in [2.45, 2.75) is 32.3 Å². The van der Waals surface area contributed by atoms with Crippen molar-refractivity contribution in [2.24, 2.45) is 16.8 Å². The molecule has 1 aromatic rings. The van der Waals surface area contributed by atoms with Gasteiger partial charge in [0.2, 0.25) is 0 Å². The average Bonchev–Trinajstić information content (AvgIpc) is 2.44. The predicted molar refractivity (Wildman–Crippen MR) is 77.1 cm³/mol. The molecule has 3 N–H and O–H groups in total. The lowest BCUT2D eigenvalue weighted by atomic mass is 9.83. The zero-order chi connectivity index (χ0) is 14.4. The first kappa shape index (κ1) is 14.7. The van der Waals surface area contributed by atoms with E-state index in [0.29, 0.717) is 17.9 Å². The molecule has 5 heteroatoms. The summed E-state index contributed by atoms with van der Waals surface area (Å²) in [5, 5.41) is 11.8. The highest BCUT2D eigenvalue weighted by atomic mass is 16.5. The fourth-order valence-corrected chi connectivity index (χ4v) is 2.32. The molecule has 0 spiro atoms. The minimum atomic E-state index is 0.0400. The van der Waals surface area contributed by atoms with Gasteiger partial charge in [-0.15, -0.1) is 0 Å². The molecule has 2 rings (SSSR count). The monoisotopic (exact) mass is 278 g/mol. The van der Waals surface area contributed by atoms with Crippen LogP contribution in [0, 0.1) is 5.92 Å². The van der Waals surface area contributed by atoms with E-state index in [1.54, 1.807) is 13.2 Å². The fraction of sp³-hybridized carbons (Fsp3) is 0.533. The molecule has 0 atom stereocenters. The minimum Gasteiger partial charge on any atom is -0.496 e. The lowest BCUT2D eigenvalue weighted by Gasteiger charge is -2.24. The van der Waals surface area contributed by atoms with E-state index >= 15 is 0 Å². The van der Waals surface area contributed by atoms with Crippen LogP contribution in [0.25, 0.3) is 0 Å². The van der Waals surface area contributed by atoms with Crippen LogP contribution in [0.4, 0.5) is 0 Å². The molecule has 0 bridgehead atoms. The molecule has 0 aromatic heterocycles. The van der Waals surface area contributed by atoms with E-state index < -0.39 is 0 Å². The van der Waals surface area contributed by atoms with Gasteiger partial charge in [-0.1, -0.05) is 30.5 Å². The molecule has 1 saturated carbocycles. The van der Waals surface area contributed by atoms with Gasteiger partial charge in [0.25, 0.3) is 0 Å². The zero-order valence-electron chi connectivity index (χ0n) is 11.8. The number of nitrogens with zero attached hydrogens (tertiary/aromatic N) is 1. The van der Waals surface area contributed by atoms with Crippen LogP contribution < -0.4 is 10.5 Å². The molecule has 0 aliphatic heterocycles. The second-order valence-electron chi connectivity index (χ2n) is 5.16. The van der Waals surface area contributed by atoms with Gasteiger partial charge in [-0.25, -0.2) is 0 Å². The third-order valence-corrected chi connectivity index (χ3v) is 3.81. The largest absolute Gasteiger partial charge is 0.496 e. The molecule has 0 amide bonds. The Morgan fingerprint density at radius 3 is 2.85 bits per heavy atom. The van der Waals surface area contributed by atoms with Crippen molar-refractivity contribution >= 4 is 5.84 Å². The van der Waals surface area contributed by atoms with Crippen molar-refractivity contribution < 1.29 is 14.7 Å². The summed E-state index contributed by atoms with van der Waals surface area (Å²) in [7, 11) is 1.55. The maximum Gasteiger partial charge on any atom is 0.173 e. The van der Waals surface area contributed by atoms with Gasteiger partial charge >= 0.3 is 0 Å². The molecule has 5 nitrogen and oxygen atoms in total. The number of oxime groups is 1. The molecule has 0 heterocycles. The van der Waals surface area contributed by atoms with Crippen LogP contribution in [0.3, 0.4) is 0 Å². The summed E-state index contributed by atoms with van der Waals surface area (Å²) in [6, 6.07) is 5.56. The molecular formula is C15H22N2O3. The maximum absolute atomic E-state index is 8.78. The summed E-state index contributed by atoms with van der Waals surface area (Å²) >= 11 is 0. The van der Waals surface area contributed by atoms with Crippen molar-refractivity contribution in [2.75, 3.05) is 13.7 Å². The molecule has 0 radical (unpaired) electrons. The Labute approximate surface area is 119 Å². The number of hydrogen-bond acceptors (Lipinski definition) is 4. The number of rotatable bonds is 7. The van der Waals surface area contributed by atoms with Gasteiger partial charge in [0, 0.05) is 6.61 Å². The molecule has 1 aliphatic rings. The molecule has 0 saturated heterocycles. The van der Waals surface area contributed by atoms with E-state index in [9.17, 15) is 0 Å². The van der Waals surface area contributed by atoms with E-state index in [1.807, 2.05) is 12.1 Å². The Hall–Kier alpha value is -1.75. The maximum atomic E-state index is 8.78. The van der Waals surface area contributed by atoms with E-state index in [-0.39, 0.29) is 5.84 Å². The summed E-state index contributed by atoms with van der Waals surface area (Å²) in [6.07, 6.45) is 5.20. The second kappa shape index (κ2) is 7.14. The Morgan fingerprint density at radius 2 is 2.25 bits per heavy atom. The van der Waals surface area contributed by atoms with Gasteiger partial charge in [0.15, 0.2) is 5.84 Å². The highest BCUT2D eigenvalue weighted by Crippen LogP contribution is 2.29. The van der Waals surface area contributed by atoms with E-state index in [2.05, 4.69) is 5.16 Å². The van der Waals surface area contributed by atoms with Crippen LogP contribution in [-0.4, -0.2) is 24.8 Å². The second-order valence-corrected chi connectivity index (χ2v) is 5.16. The average molecular weight is 278 g/mol. The third kappa shape index (κ3) is 3.63. The molecule has 1 aliphatic carbocycles. The minimum absolute atomic E-state index is 0.0400. The van der Waals surface area contributed by atoms with Crippen LogP contribution >= 0.6 is 0 Å². The van der Waals surface area contributed by atoms with Crippen molar-refractivity contribution in [3.63, 3.8) is 0 Å².